The zero-order valence-electron chi connectivity index (χ0n) is 23.1. The molecule has 0 bridgehead atoms. The molecule has 0 saturated heterocycles. The Morgan fingerprint density at radius 2 is 1.93 bits per heavy atom. The Bertz CT molecular complexity index is 1250. The Morgan fingerprint density at radius 1 is 1.23 bits per heavy atom. The van der Waals surface area contributed by atoms with Crippen molar-refractivity contribution in [3.63, 3.8) is 0 Å². The number of aliphatic hydroxyl groups excluding tert-OH is 1. The van der Waals surface area contributed by atoms with Gasteiger partial charge in [0.2, 0.25) is 0 Å². The topological polar surface area (TPSA) is 100 Å². The largest absolute Gasteiger partial charge is 0.465 e. The summed E-state index contributed by atoms with van der Waals surface area (Å²) in [4.78, 5) is 18.1. The van der Waals surface area contributed by atoms with Gasteiger partial charge in [-0.3, -0.25) is 4.99 Å². The third kappa shape index (κ3) is 7.88. The minimum atomic E-state index is -4.77. The van der Waals surface area contributed by atoms with E-state index in [1.54, 1.807) is 30.3 Å². The number of methoxy groups -OCH3 is 1. The molecule has 0 aromatic heterocycles. The van der Waals surface area contributed by atoms with Crippen LogP contribution in [0.5, 0.6) is 0 Å². The molecule has 2 aromatic rings. The number of aliphatic imine (C=N–C) groups is 1. The number of aliphatic hydroxyl groups is 1. The maximum absolute atomic E-state index is 14.1. The second-order valence-corrected chi connectivity index (χ2v) is 9.57. The number of nitrogens with one attached hydrogen (secondary N) is 1. The second kappa shape index (κ2) is 14.0. The third-order valence-corrected chi connectivity index (χ3v) is 6.60. The van der Waals surface area contributed by atoms with Crippen LogP contribution < -0.4 is 11.1 Å². The van der Waals surface area contributed by atoms with Crippen molar-refractivity contribution in [2.45, 2.75) is 51.9 Å². The molecule has 0 spiro atoms. The van der Waals surface area contributed by atoms with Crippen molar-refractivity contribution in [2.24, 2.45) is 10.7 Å². The van der Waals surface area contributed by atoms with Crippen LogP contribution in [-0.2, 0) is 17.7 Å². The minimum absolute atomic E-state index is 0.0887. The number of amidine groups is 1. The number of carbonyl (C=O) groups is 1. The van der Waals surface area contributed by atoms with E-state index in [0.29, 0.717) is 44.5 Å². The first-order chi connectivity index (χ1) is 19.1. The summed E-state index contributed by atoms with van der Waals surface area (Å²) < 4.78 is 47.1. The molecule has 1 unspecified atom stereocenters. The first kappa shape index (κ1) is 30.7. The average molecular weight is 559 g/mol. The van der Waals surface area contributed by atoms with Gasteiger partial charge in [-0.15, -0.1) is 0 Å². The lowest BCUT2D eigenvalue weighted by molar-refractivity contribution is -0.0931. The molecule has 1 atom stereocenters. The van der Waals surface area contributed by atoms with Gasteiger partial charge in [-0.2, -0.15) is 13.2 Å². The van der Waals surface area contributed by atoms with Gasteiger partial charge in [0.1, 0.15) is 11.5 Å². The molecule has 2 aromatic carbocycles. The van der Waals surface area contributed by atoms with Crippen LogP contribution in [0.3, 0.4) is 0 Å². The van der Waals surface area contributed by atoms with Crippen molar-refractivity contribution >= 4 is 11.8 Å². The fraction of sp³-hybridized carbons (Fsp3) is 0.400. The molecule has 0 fully saturated rings. The maximum atomic E-state index is 14.1. The number of carbonyl (C=O) groups excluding carboxylic acids is 1. The number of hydrogen-bond donors (Lipinski definition) is 3. The Kier molecular flexibility index (Phi) is 10.8. The number of alkyl halides is 3. The molecule has 3 rings (SSSR count). The second-order valence-electron chi connectivity index (χ2n) is 9.57. The number of esters is 1. The highest BCUT2D eigenvalue weighted by molar-refractivity contribution is 6.03. The normalized spacial score (nSPS) is 15.4. The molecule has 0 radical (unpaired) electrons. The Hall–Kier alpha value is -3.79. The molecule has 1 heterocycles. The van der Waals surface area contributed by atoms with Crippen LogP contribution in [0, 0.1) is 0 Å². The molecule has 7 nitrogen and oxygen atoms in total. The SMILES string of the molecule is CC/C=C(\NC(C)c1ccc(C(=O)OC)cc1)C(C1=NCCN1Cc1cccc(CCCO)c1)=C(N)C(F)(F)F. The van der Waals surface area contributed by atoms with Crippen LogP contribution in [0.25, 0.3) is 0 Å². The predicted molar refractivity (Wildman–Crippen MR) is 150 cm³/mol. The Labute approximate surface area is 233 Å². The van der Waals surface area contributed by atoms with Gasteiger partial charge < -0.3 is 25.8 Å². The van der Waals surface area contributed by atoms with Crippen LogP contribution in [-0.4, -0.2) is 54.8 Å². The minimum Gasteiger partial charge on any atom is -0.465 e. The lowest BCUT2D eigenvalue weighted by Gasteiger charge is -2.28. The van der Waals surface area contributed by atoms with E-state index >= 15 is 0 Å². The van der Waals surface area contributed by atoms with Crippen molar-refractivity contribution in [3.05, 3.63) is 93.8 Å². The maximum Gasteiger partial charge on any atom is 0.431 e. The highest BCUT2D eigenvalue weighted by Crippen LogP contribution is 2.31. The van der Waals surface area contributed by atoms with Gasteiger partial charge in [0, 0.05) is 31.4 Å². The summed E-state index contributed by atoms with van der Waals surface area (Å²) in [5, 5.41) is 12.4. The van der Waals surface area contributed by atoms with E-state index in [-0.39, 0.29) is 23.7 Å². The lowest BCUT2D eigenvalue weighted by atomic mass is 10.0. The molecule has 1 aliphatic heterocycles. The van der Waals surface area contributed by atoms with E-state index in [0.717, 1.165) is 16.7 Å². The fourth-order valence-corrected chi connectivity index (χ4v) is 4.57. The third-order valence-electron chi connectivity index (χ3n) is 6.60. The summed E-state index contributed by atoms with van der Waals surface area (Å²) in [7, 11) is 1.30. The van der Waals surface area contributed by atoms with E-state index in [1.807, 2.05) is 43.0 Å². The number of benzene rings is 2. The van der Waals surface area contributed by atoms with Crippen molar-refractivity contribution in [2.75, 3.05) is 26.8 Å². The molecule has 0 amide bonds. The quantitative estimate of drug-likeness (QED) is 0.250. The van der Waals surface area contributed by atoms with Gasteiger partial charge >= 0.3 is 12.1 Å². The van der Waals surface area contributed by atoms with Crippen LogP contribution in [0.2, 0.25) is 0 Å². The Morgan fingerprint density at radius 3 is 2.55 bits per heavy atom. The number of hydrogen-bond acceptors (Lipinski definition) is 7. The van der Waals surface area contributed by atoms with E-state index in [2.05, 4.69) is 10.3 Å². The van der Waals surface area contributed by atoms with E-state index in [9.17, 15) is 18.0 Å². The number of aryl methyl sites for hydroxylation is 1. The van der Waals surface area contributed by atoms with Gasteiger partial charge in [-0.05, 0) is 55.0 Å². The fourth-order valence-electron chi connectivity index (χ4n) is 4.57. The number of nitrogens with two attached hydrogens (primary N) is 1. The summed E-state index contributed by atoms with van der Waals surface area (Å²) in [5.41, 5.74) is 7.79. The molecular weight excluding hydrogens is 521 g/mol. The van der Waals surface area contributed by atoms with E-state index in [4.69, 9.17) is 15.6 Å². The van der Waals surface area contributed by atoms with E-state index in [1.165, 1.54) is 7.11 Å². The summed E-state index contributed by atoms with van der Waals surface area (Å²) in [5.74, 6) is -0.281. The molecule has 40 heavy (non-hydrogen) atoms. The van der Waals surface area contributed by atoms with Crippen LogP contribution in [0.4, 0.5) is 13.2 Å². The van der Waals surface area contributed by atoms with E-state index < -0.39 is 23.9 Å². The molecule has 0 saturated carbocycles. The highest BCUT2D eigenvalue weighted by atomic mass is 19.4. The first-order valence-electron chi connectivity index (χ1n) is 13.3. The van der Waals surface area contributed by atoms with Gasteiger partial charge in [0.05, 0.1) is 24.8 Å². The number of halogens is 3. The number of nitrogens with zero attached hydrogens (tertiary/aromatic N) is 2. The standard InChI is InChI=1S/C30H37F3N4O3/c1-4-7-25(36-20(2)23-11-13-24(14-12-23)29(39)40-3)26(27(34)30(31,32)33)28-35-15-16-37(28)19-22-9-5-8-21(18-22)10-6-17-38/h5,7-9,11-14,18,20,36,38H,4,6,10,15-17,19,34H2,1-3H3/b25-7-,27-26?. The number of ether oxygens (including phenoxy) is 1. The molecule has 4 N–H and O–H groups in total. The zero-order chi connectivity index (χ0) is 29.3. The van der Waals surface area contributed by atoms with Crippen LogP contribution in [0.15, 0.2) is 76.6 Å². The van der Waals surface area contributed by atoms with Crippen molar-refractivity contribution < 1.29 is 27.8 Å². The molecule has 1 aliphatic rings. The summed E-state index contributed by atoms with van der Waals surface area (Å²) in [6.45, 7) is 4.91. The summed E-state index contributed by atoms with van der Waals surface area (Å²) in [6, 6.07) is 14.1. The van der Waals surface area contributed by atoms with Crippen LogP contribution in [0.1, 0.15) is 59.8 Å². The molecule has 0 aliphatic carbocycles. The molecular formula is C30H37F3N4O3. The van der Waals surface area contributed by atoms with Crippen molar-refractivity contribution in [1.29, 1.82) is 0 Å². The van der Waals surface area contributed by atoms with Gasteiger partial charge in [-0.1, -0.05) is 49.4 Å². The molecule has 10 heteroatoms. The highest BCUT2D eigenvalue weighted by Gasteiger charge is 2.38. The Balaban J connectivity index is 1.94. The van der Waals surface area contributed by atoms with Gasteiger partial charge in [-0.25, -0.2) is 4.79 Å². The average Bonchev–Trinajstić information content (AvgIpc) is 3.38. The van der Waals surface area contributed by atoms with Crippen molar-refractivity contribution in [3.8, 4) is 0 Å². The van der Waals surface area contributed by atoms with Gasteiger partial charge in [0.15, 0.2) is 0 Å². The first-order valence-corrected chi connectivity index (χ1v) is 13.3. The predicted octanol–water partition coefficient (Wildman–Crippen LogP) is 5.03. The summed E-state index contributed by atoms with van der Waals surface area (Å²) >= 11 is 0. The smallest absolute Gasteiger partial charge is 0.431 e. The van der Waals surface area contributed by atoms with Crippen molar-refractivity contribution in [1.82, 2.24) is 10.2 Å². The van der Waals surface area contributed by atoms with Crippen LogP contribution >= 0.6 is 0 Å². The van der Waals surface area contributed by atoms with Gasteiger partial charge in [0.25, 0.3) is 0 Å². The zero-order valence-corrected chi connectivity index (χ0v) is 23.1. The number of rotatable bonds is 12. The summed E-state index contributed by atoms with van der Waals surface area (Å²) in [6.07, 6.45) is -1.28. The number of allylic oxidation sites excluding steroid dienone is 2. The lowest BCUT2D eigenvalue weighted by Crippen LogP contribution is -2.36. The molecule has 216 valence electrons. The monoisotopic (exact) mass is 558 g/mol.